The highest BCUT2D eigenvalue weighted by Crippen LogP contribution is 2.26. The monoisotopic (exact) mass is 362 g/mol. The topological polar surface area (TPSA) is 113 Å². The summed E-state index contributed by atoms with van der Waals surface area (Å²) in [7, 11) is 0. The van der Waals surface area contributed by atoms with E-state index in [0.29, 0.717) is 27.7 Å². The molecule has 0 saturated heterocycles. The molecule has 2 rings (SSSR count). The second-order valence-corrected chi connectivity index (χ2v) is 5.75. The van der Waals surface area contributed by atoms with Gasteiger partial charge in [-0.1, -0.05) is 12.1 Å². The molecule has 0 bridgehead atoms. The summed E-state index contributed by atoms with van der Waals surface area (Å²) in [6.07, 6.45) is -0.565. The number of carbonyl (C=O) groups is 2. The van der Waals surface area contributed by atoms with Crippen molar-refractivity contribution in [2.45, 2.75) is 20.8 Å². The molecule has 132 valence electrons. The van der Waals surface area contributed by atoms with Crippen LogP contribution in [0.3, 0.4) is 0 Å². The Kier molecular flexibility index (Phi) is 6.07. The van der Waals surface area contributed by atoms with Crippen molar-refractivity contribution in [2.75, 3.05) is 17.3 Å². The number of hydrogen-bond donors (Lipinski definition) is 3. The lowest BCUT2D eigenvalue weighted by molar-refractivity contribution is 0.0698. The summed E-state index contributed by atoms with van der Waals surface area (Å²) in [6, 6.07) is 6.46. The zero-order valence-electron chi connectivity index (χ0n) is 14.0. The van der Waals surface area contributed by atoms with E-state index in [2.05, 4.69) is 20.2 Å². The quantitative estimate of drug-likeness (QED) is 0.535. The highest BCUT2D eigenvalue weighted by atomic mass is 32.1. The maximum atomic E-state index is 11.6. The van der Waals surface area contributed by atoms with Crippen molar-refractivity contribution < 1.29 is 19.4 Å². The Morgan fingerprint density at radius 3 is 2.76 bits per heavy atom. The molecule has 0 atom stereocenters. The van der Waals surface area contributed by atoms with Crippen LogP contribution < -0.4 is 10.7 Å². The van der Waals surface area contributed by atoms with Crippen LogP contribution in [0, 0.1) is 6.92 Å². The van der Waals surface area contributed by atoms with Gasteiger partial charge in [0.1, 0.15) is 5.00 Å². The van der Waals surface area contributed by atoms with E-state index in [-0.39, 0.29) is 12.2 Å². The highest BCUT2D eigenvalue weighted by Gasteiger charge is 2.17. The molecular formula is C16H18N4O4S. The summed E-state index contributed by atoms with van der Waals surface area (Å²) in [6.45, 7) is 5.52. The molecule has 0 aliphatic rings. The number of para-hydroxylation sites is 1. The summed E-state index contributed by atoms with van der Waals surface area (Å²) in [5, 5.41) is 16.6. The van der Waals surface area contributed by atoms with Crippen molar-refractivity contribution in [2.24, 2.45) is 5.10 Å². The smallest absolute Gasteiger partial charge is 0.412 e. The molecule has 1 amide bonds. The van der Waals surface area contributed by atoms with Crippen molar-refractivity contribution in [3.63, 3.8) is 0 Å². The number of hydrogen-bond acceptors (Lipinski definition) is 7. The molecule has 3 N–H and O–H groups in total. The number of aryl methyl sites for hydroxylation is 1. The predicted octanol–water partition coefficient (Wildman–Crippen LogP) is 3.55. The molecule has 1 aromatic carbocycles. The van der Waals surface area contributed by atoms with E-state index in [9.17, 15) is 14.7 Å². The molecule has 2 aromatic rings. The van der Waals surface area contributed by atoms with Gasteiger partial charge >= 0.3 is 12.1 Å². The van der Waals surface area contributed by atoms with Crippen LogP contribution in [0.15, 0.2) is 29.4 Å². The number of aromatic nitrogens is 1. The first-order valence-corrected chi connectivity index (χ1v) is 8.24. The van der Waals surface area contributed by atoms with E-state index >= 15 is 0 Å². The molecule has 1 aromatic heterocycles. The number of rotatable bonds is 6. The Labute approximate surface area is 148 Å². The lowest BCUT2D eigenvalue weighted by Gasteiger charge is -2.08. The van der Waals surface area contributed by atoms with Gasteiger partial charge in [0.15, 0.2) is 0 Å². The fraction of sp³-hybridized carbons (Fsp3) is 0.250. The molecule has 0 saturated carbocycles. The van der Waals surface area contributed by atoms with Crippen molar-refractivity contribution in [3.05, 3.63) is 41.1 Å². The zero-order valence-corrected chi connectivity index (χ0v) is 14.8. The van der Waals surface area contributed by atoms with Gasteiger partial charge in [-0.2, -0.15) is 9.47 Å². The van der Waals surface area contributed by atoms with E-state index in [1.807, 2.05) is 0 Å². The number of carboxylic acid groups (broad SMARTS) is 1. The lowest BCUT2D eigenvalue weighted by Crippen LogP contribution is -2.14. The van der Waals surface area contributed by atoms with Crippen LogP contribution in [0.2, 0.25) is 0 Å². The minimum Gasteiger partial charge on any atom is -0.478 e. The Balaban J connectivity index is 2.25. The first kappa shape index (κ1) is 18.4. The molecule has 0 spiro atoms. The molecule has 8 nitrogen and oxygen atoms in total. The average Bonchev–Trinajstić information content (AvgIpc) is 2.93. The molecule has 0 fully saturated rings. The zero-order chi connectivity index (χ0) is 18.4. The van der Waals surface area contributed by atoms with Crippen LogP contribution in [0.1, 0.15) is 35.5 Å². The number of aromatic carboxylic acids is 1. The first-order chi connectivity index (χ1) is 11.9. The normalized spacial score (nSPS) is 11.1. The van der Waals surface area contributed by atoms with Gasteiger partial charge in [0, 0.05) is 0 Å². The third-order valence-electron chi connectivity index (χ3n) is 3.22. The average molecular weight is 362 g/mol. The van der Waals surface area contributed by atoms with Crippen LogP contribution in [-0.2, 0) is 4.74 Å². The van der Waals surface area contributed by atoms with E-state index in [1.165, 1.54) is 6.07 Å². The number of benzene rings is 1. The van der Waals surface area contributed by atoms with Gasteiger partial charge in [-0.3, -0.25) is 10.7 Å². The van der Waals surface area contributed by atoms with Crippen LogP contribution in [0.4, 0.5) is 15.5 Å². The Morgan fingerprint density at radius 2 is 2.08 bits per heavy atom. The molecule has 0 aliphatic carbocycles. The van der Waals surface area contributed by atoms with Crippen molar-refractivity contribution >= 4 is 40.0 Å². The molecule has 25 heavy (non-hydrogen) atoms. The Bertz CT molecular complexity index is 816. The molecule has 9 heteroatoms. The predicted molar refractivity (Wildman–Crippen MR) is 96.7 cm³/mol. The second-order valence-electron chi connectivity index (χ2n) is 4.98. The fourth-order valence-electron chi connectivity index (χ4n) is 2.11. The van der Waals surface area contributed by atoms with Gasteiger partial charge in [0.2, 0.25) is 0 Å². The summed E-state index contributed by atoms with van der Waals surface area (Å²) in [5.74, 6) is -1.05. The number of nitrogens with one attached hydrogen (secondary N) is 2. The van der Waals surface area contributed by atoms with Crippen LogP contribution in [-0.4, -0.2) is 33.9 Å². The van der Waals surface area contributed by atoms with E-state index in [4.69, 9.17) is 4.74 Å². The Morgan fingerprint density at radius 1 is 1.36 bits per heavy atom. The first-order valence-electron chi connectivity index (χ1n) is 7.47. The minimum absolute atomic E-state index is 0.115. The number of hydrazone groups is 1. The number of nitrogens with zero attached hydrogens (tertiary/aromatic N) is 2. The minimum atomic E-state index is -1.05. The van der Waals surface area contributed by atoms with Crippen LogP contribution in [0.25, 0.3) is 0 Å². The lowest BCUT2D eigenvalue weighted by atomic mass is 10.1. The van der Waals surface area contributed by atoms with Crippen LogP contribution >= 0.6 is 11.5 Å². The standard InChI is InChI=1S/C16H18N4O4S/c1-4-24-16(23)17-14-13(10(3)20-25-14)9(2)18-19-12-8-6-5-7-11(12)15(21)22/h5-8,19H,4H2,1-3H3,(H,17,23)(H,21,22). The summed E-state index contributed by atoms with van der Waals surface area (Å²) < 4.78 is 9.09. The van der Waals surface area contributed by atoms with Gasteiger partial charge < -0.3 is 9.84 Å². The second kappa shape index (κ2) is 8.25. The number of anilines is 2. The van der Waals surface area contributed by atoms with Gasteiger partial charge in [0.05, 0.1) is 34.8 Å². The Hall–Kier alpha value is -2.94. The molecule has 0 unspecified atom stereocenters. The third kappa shape index (κ3) is 4.54. The van der Waals surface area contributed by atoms with Crippen molar-refractivity contribution in [3.8, 4) is 0 Å². The summed E-state index contributed by atoms with van der Waals surface area (Å²) in [4.78, 5) is 22.8. The number of carboxylic acids is 1. The van der Waals surface area contributed by atoms with E-state index in [1.54, 1.807) is 39.0 Å². The van der Waals surface area contributed by atoms with Gasteiger partial charge in [0.25, 0.3) is 0 Å². The molecule has 1 heterocycles. The number of carbonyl (C=O) groups excluding carboxylic acids is 1. The molecule has 0 radical (unpaired) electrons. The third-order valence-corrected chi connectivity index (χ3v) is 4.07. The highest BCUT2D eigenvalue weighted by molar-refractivity contribution is 7.11. The number of ether oxygens (including phenoxy) is 1. The fourth-order valence-corrected chi connectivity index (χ4v) is 2.94. The largest absolute Gasteiger partial charge is 0.478 e. The van der Waals surface area contributed by atoms with Gasteiger partial charge in [-0.15, -0.1) is 0 Å². The van der Waals surface area contributed by atoms with Gasteiger partial charge in [-0.05, 0) is 44.4 Å². The van der Waals surface area contributed by atoms with Crippen LogP contribution in [0.5, 0.6) is 0 Å². The van der Waals surface area contributed by atoms with Crippen molar-refractivity contribution in [1.82, 2.24) is 4.37 Å². The SMILES string of the molecule is CCOC(=O)Nc1snc(C)c1C(C)=NNc1ccccc1C(=O)O. The maximum absolute atomic E-state index is 11.6. The van der Waals surface area contributed by atoms with Crippen molar-refractivity contribution in [1.29, 1.82) is 0 Å². The van der Waals surface area contributed by atoms with E-state index < -0.39 is 12.1 Å². The number of amides is 1. The molecule has 0 aliphatic heterocycles. The maximum Gasteiger partial charge on any atom is 0.412 e. The van der Waals surface area contributed by atoms with Gasteiger partial charge in [-0.25, -0.2) is 9.59 Å². The summed E-state index contributed by atoms with van der Waals surface area (Å²) in [5.41, 5.74) is 5.16. The molecular weight excluding hydrogens is 344 g/mol. The summed E-state index contributed by atoms with van der Waals surface area (Å²) >= 11 is 1.12. The van der Waals surface area contributed by atoms with E-state index in [0.717, 1.165) is 11.5 Å².